The van der Waals surface area contributed by atoms with Crippen LogP contribution in [0.4, 0.5) is 4.79 Å². The van der Waals surface area contributed by atoms with Crippen LogP contribution in [-0.4, -0.2) is 28.6 Å². The van der Waals surface area contributed by atoms with E-state index in [0.717, 1.165) is 34.6 Å². The Morgan fingerprint density at radius 1 is 1.20 bits per heavy atom. The highest BCUT2D eigenvalue weighted by Gasteiger charge is 2.34. The minimum Gasteiger partial charge on any atom is -0.481 e. The van der Waals surface area contributed by atoms with Crippen LogP contribution in [0.15, 0.2) is 30.0 Å². The summed E-state index contributed by atoms with van der Waals surface area (Å²) in [5.74, 6) is -0.855. The van der Waals surface area contributed by atoms with Crippen LogP contribution in [-0.2, 0) is 11.2 Å². The molecule has 1 heterocycles. The fourth-order valence-corrected chi connectivity index (χ4v) is 3.78. The molecule has 2 amide bonds. The predicted molar refractivity (Wildman–Crippen MR) is 122 cm³/mol. The summed E-state index contributed by atoms with van der Waals surface area (Å²) in [6.45, 7) is 13.4. The van der Waals surface area contributed by atoms with Gasteiger partial charge in [0.1, 0.15) is 0 Å². The summed E-state index contributed by atoms with van der Waals surface area (Å²) in [4.78, 5) is 25.1. The first-order chi connectivity index (χ1) is 13.8. The van der Waals surface area contributed by atoms with Crippen molar-refractivity contribution < 1.29 is 14.7 Å². The first-order valence-corrected chi connectivity index (χ1v) is 11.0. The normalized spacial score (nSPS) is 17.6. The quantitative estimate of drug-likeness (QED) is 0.538. The van der Waals surface area contributed by atoms with Crippen LogP contribution in [0.1, 0.15) is 78.0 Å². The Kier molecular flexibility index (Phi) is 7.62. The Morgan fingerprint density at radius 2 is 1.87 bits per heavy atom. The Labute approximate surface area is 185 Å². The number of aryl methyl sites for hydroxylation is 1. The maximum atomic E-state index is 12.7. The van der Waals surface area contributed by atoms with Gasteiger partial charge in [-0.25, -0.2) is 4.79 Å². The van der Waals surface area contributed by atoms with Gasteiger partial charge in [-0.1, -0.05) is 65.3 Å². The number of rotatable bonds is 7. The fourth-order valence-electron chi connectivity index (χ4n) is 3.50. The summed E-state index contributed by atoms with van der Waals surface area (Å²) in [7, 11) is 0. The SMILES string of the molecule is CC(C)(C)CCc1ccc(C2NC(=O)N(CCCC(=O)O)C=C2C(C)(C)C)cc1Cl. The molecular formula is C24H35ClN2O3. The second-order valence-electron chi connectivity index (χ2n) is 10.3. The van der Waals surface area contributed by atoms with Crippen LogP contribution >= 0.6 is 11.6 Å². The first kappa shape index (κ1) is 24.3. The number of hydrogen-bond acceptors (Lipinski definition) is 2. The predicted octanol–water partition coefficient (Wildman–Crippen LogP) is 6.18. The number of halogens is 1. The monoisotopic (exact) mass is 434 g/mol. The number of nitrogens with zero attached hydrogens (tertiary/aromatic N) is 1. The van der Waals surface area contributed by atoms with E-state index in [2.05, 4.69) is 59.0 Å². The zero-order valence-corrected chi connectivity index (χ0v) is 19.8. The number of aliphatic carboxylic acids is 1. The second-order valence-corrected chi connectivity index (χ2v) is 10.7. The van der Waals surface area contributed by atoms with E-state index in [4.69, 9.17) is 16.7 Å². The number of carboxylic acid groups (broad SMARTS) is 1. The van der Waals surface area contributed by atoms with Gasteiger partial charge in [0.25, 0.3) is 0 Å². The van der Waals surface area contributed by atoms with Crippen LogP contribution in [0.3, 0.4) is 0 Å². The van der Waals surface area contributed by atoms with Gasteiger partial charge in [-0.3, -0.25) is 4.79 Å². The van der Waals surface area contributed by atoms with Crippen molar-refractivity contribution in [3.05, 3.63) is 46.1 Å². The second kappa shape index (κ2) is 9.42. The average molecular weight is 435 g/mol. The molecule has 1 aromatic carbocycles. The summed E-state index contributed by atoms with van der Waals surface area (Å²) in [6, 6.07) is 5.60. The largest absolute Gasteiger partial charge is 0.481 e. The molecule has 0 radical (unpaired) electrons. The Morgan fingerprint density at radius 3 is 2.40 bits per heavy atom. The molecule has 0 fully saturated rings. The Bertz CT molecular complexity index is 819. The van der Waals surface area contributed by atoms with E-state index in [1.54, 1.807) is 4.90 Å². The zero-order chi connectivity index (χ0) is 22.7. The van der Waals surface area contributed by atoms with Gasteiger partial charge >= 0.3 is 12.0 Å². The van der Waals surface area contributed by atoms with Crippen molar-refractivity contribution in [3.8, 4) is 0 Å². The van der Waals surface area contributed by atoms with Crippen LogP contribution in [0.2, 0.25) is 5.02 Å². The van der Waals surface area contributed by atoms with Crippen molar-refractivity contribution in [3.63, 3.8) is 0 Å². The minimum atomic E-state index is -0.855. The highest BCUT2D eigenvalue weighted by Crippen LogP contribution is 2.39. The number of carboxylic acids is 1. The zero-order valence-electron chi connectivity index (χ0n) is 19.0. The molecule has 0 saturated carbocycles. The fraction of sp³-hybridized carbons (Fsp3) is 0.583. The summed E-state index contributed by atoms with van der Waals surface area (Å²) in [5.41, 5.74) is 3.20. The van der Waals surface area contributed by atoms with Gasteiger partial charge in [0.05, 0.1) is 6.04 Å². The van der Waals surface area contributed by atoms with E-state index in [0.29, 0.717) is 13.0 Å². The van der Waals surface area contributed by atoms with Crippen LogP contribution in [0.25, 0.3) is 0 Å². The van der Waals surface area contributed by atoms with E-state index in [1.807, 2.05) is 12.3 Å². The van der Waals surface area contributed by atoms with Crippen molar-refractivity contribution in [1.29, 1.82) is 0 Å². The summed E-state index contributed by atoms with van der Waals surface area (Å²) in [6.07, 6.45) is 4.30. The van der Waals surface area contributed by atoms with E-state index in [1.165, 1.54) is 0 Å². The van der Waals surface area contributed by atoms with Crippen molar-refractivity contribution >= 4 is 23.6 Å². The third kappa shape index (κ3) is 6.76. The molecular weight excluding hydrogens is 400 g/mol. The molecule has 6 heteroatoms. The molecule has 5 nitrogen and oxygen atoms in total. The van der Waals surface area contributed by atoms with Gasteiger partial charge in [-0.05, 0) is 52.9 Å². The molecule has 1 aliphatic rings. The van der Waals surface area contributed by atoms with E-state index < -0.39 is 5.97 Å². The highest BCUT2D eigenvalue weighted by molar-refractivity contribution is 6.31. The van der Waals surface area contributed by atoms with Gasteiger partial charge in [0, 0.05) is 24.2 Å². The lowest BCUT2D eigenvalue weighted by molar-refractivity contribution is -0.137. The molecule has 0 saturated heterocycles. The van der Waals surface area contributed by atoms with Crippen molar-refractivity contribution in [2.45, 2.75) is 73.3 Å². The lowest BCUT2D eigenvalue weighted by Crippen LogP contribution is -2.46. The van der Waals surface area contributed by atoms with Gasteiger partial charge in [0.15, 0.2) is 0 Å². The number of carbonyl (C=O) groups is 2. The molecule has 2 rings (SSSR count). The molecule has 0 aliphatic carbocycles. The minimum absolute atomic E-state index is 0.0392. The number of urea groups is 1. The summed E-state index contributed by atoms with van der Waals surface area (Å²) >= 11 is 6.60. The third-order valence-corrected chi connectivity index (χ3v) is 5.70. The Balaban J connectivity index is 2.28. The first-order valence-electron chi connectivity index (χ1n) is 10.6. The number of carbonyl (C=O) groups excluding carboxylic acids is 1. The van der Waals surface area contributed by atoms with Crippen molar-refractivity contribution in [2.24, 2.45) is 10.8 Å². The molecule has 1 aliphatic heterocycles. The van der Waals surface area contributed by atoms with Crippen molar-refractivity contribution in [1.82, 2.24) is 10.2 Å². The van der Waals surface area contributed by atoms with Crippen molar-refractivity contribution in [2.75, 3.05) is 6.54 Å². The average Bonchev–Trinajstić information content (AvgIpc) is 2.59. The lowest BCUT2D eigenvalue weighted by Gasteiger charge is -2.38. The Hall–Kier alpha value is -2.01. The molecule has 1 unspecified atom stereocenters. The summed E-state index contributed by atoms with van der Waals surface area (Å²) in [5, 5.41) is 12.7. The standard InChI is InChI=1S/C24H35ClN2O3/c1-23(2,3)12-11-16-9-10-17(14-19(16)25)21-18(24(4,5)6)15-27(22(30)26-21)13-7-8-20(28)29/h9-10,14-15,21H,7-8,11-13H2,1-6H3,(H,26,30)(H,28,29). The van der Waals surface area contributed by atoms with Crippen LogP contribution < -0.4 is 5.32 Å². The smallest absolute Gasteiger partial charge is 0.322 e. The van der Waals surface area contributed by atoms with Gasteiger partial charge in [-0.2, -0.15) is 0 Å². The van der Waals surface area contributed by atoms with Crippen LogP contribution in [0, 0.1) is 10.8 Å². The lowest BCUT2D eigenvalue weighted by atomic mass is 9.79. The molecule has 0 spiro atoms. The molecule has 0 bridgehead atoms. The van der Waals surface area contributed by atoms with E-state index >= 15 is 0 Å². The third-order valence-electron chi connectivity index (χ3n) is 5.35. The topological polar surface area (TPSA) is 69.6 Å². The molecule has 30 heavy (non-hydrogen) atoms. The molecule has 1 atom stereocenters. The highest BCUT2D eigenvalue weighted by atomic mass is 35.5. The number of benzene rings is 1. The number of hydrogen-bond donors (Lipinski definition) is 2. The number of amides is 2. The van der Waals surface area contributed by atoms with E-state index in [9.17, 15) is 9.59 Å². The molecule has 166 valence electrons. The van der Waals surface area contributed by atoms with Gasteiger partial charge < -0.3 is 15.3 Å². The van der Waals surface area contributed by atoms with E-state index in [-0.39, 0.29) is 29.3 Å². The maximum absolute atomic E-state index is 12.7. The number of nitrogens with one attached hydrogen (secondary N) is 1. The van der Waals surface area contributed by atoms with Crippen LogP contribution in [0.5, 0.6) is 0 Å². The molecule has 2 N–H and O–H groups in total. The molecule has 0 aromatic heterocycles. The van der Waals surface area contributed by atoms with Gasteiger partial charge in [-0.15, -0.1) is 0 Å². The summed E-state index contributed by atoms with van der Waals surface area (Å²) < 4.78 is 0. The maximum Gasteiger partial charge on any atom is 0.322 e. The molecule has 1 aromatic rings. The van der Waals surface area contributed by atoms with Gasteiger partial charge in [0.2, 0.25) is 0 Å².